The lowest BCUT2D eigenvalue weighted by Crippen LogP contribution is -2.37. The van der Waals surface area contributed by atoms with Gasteiger partial charge in [-0.05, 0) is 122 Å². The molecule has 0 bridgehead atoms. The number of unbranched alkanes of at least 4 members (excludes halogenated alkanes) is 25. The van der Waals surface area contributed by atoms with Crippen LogP contribution in [0.5, 0.6) is 0 Å². The molecule has 0 saturated heterocycles. The molecule has 0 spiro atoms. The molecule has 0 aromatic heterocycles. The van der Waals surface area contributed by atoms with Crippen molar-refractivity contribution in [1.29, 1.82) is 0 Å². The molecule has 0 rings (SSSR count). The van der Waals surface area contributed by atoms with E-state index in [0.29, 0.717) is 17.4 Å². The van der Waals surface area contributed by atoms with E-state index in [4.69, 9.17) is 18.5 Å². The Morgan fingerprint density at radius 1 is 0.344 bits per heavy atom. The van der Waals surface area contributed by atoms with Crippen LogP contribution < -0.4 is 4.89 Å². The Kier molecular flexibility index (Phi) is 65.6. The Hall–Kier alpha value is -4.37. The first-order valence-electron chi connectivity index (χ1n) is 36.2. The number of carbonyl (C=O) groups is 2. The number of ether oxygens (including phenoxy) is 2. The van der Waals surface area contributed by atoms with Crippen LogP contribution in [0.15, 0.2) is 158 Å². The van der Waals surface area contributed by atoms with Crippen molar-refractivity contribution < 1.29 is 42.1 Å². The van der Waals surface area contributed by atoms with Gasteiger partial charge in [0, 0.05) is 12.8 Å². The first kappa shape index (κ1) is 85.6. The monoisotopic (exact) mass is 1270 g/mol. The lowest BCUT2D eigenvalue weighted by molar-refractivity contribution is -0.870. The Morgan fingerprint density at radius 2 is 0.600 bits per heavy atom. The number of hydrogen-bond donors (Lipinski definition) is 0. The first-order valence-corrected chi connectivity index (χ1v) is 37.7. The first-order chi connectivity index (χ1) is 44.0. The number of carbonyl (C=O) groups excluding carboxylic acids is 2. The molecule has 2 unspecified atom stereocenters. The fourth-order valence-electron chi connectivity index (χ4n) is 9.58. The van der Waals surface area contributed by atoms with Gasteiger partial charge in [0.25, 0.3) is 7.82 Å². The highest BCUT2D eigenvalue weighted by molar-refractivity contribution is 7.45. The number of likely N-dealkylation sites (N-methyl/N-ethyl adjacent to an activating group) is 1. The molecule has 0 aliphatic carbocycles. The van der Waals surface area contributed by atoms with Gasteiger partial charge in [0.15, 0.2) is 6.10 Å². The molecule has 512 valence electrons. The van der Waals surface area contributed by atoms with E-state index in [-0.39, 0.29) is 32.0 Å². The number of nitrogens with zero attached hydrogens (tertiary/aromatic N) is 1. The number of hydrogen-bond acceptors (Lipinski definition) is 8. The summed E-state index contributed by atoms with van der Waals surface area (Å²) in [6.07, 6.45) is 103. The van der Waals surface area contributed by atoms with Crippen molar-refractivity contribution in [2.75, 3.05) is 47.5 Å². The smallest absolute Gasteiger partial charge is 0.306 e. The van der Waals surface area contributed by atoms with Crippen LogP contribution in [-0.2, 0) is 32.7 Å². The van der Waals surface area contributed by atoms with Crippen LogP contribution in [0.25, 0.3) is 0 Å². The highest BCUT2D eigenvalue weighted by Gasteiger charge is 2.22. The van der Waals surface area contributed by atoms with Gasteiger partial charge in [0.2, 0.25) is 0 Å². The molecule has 0 aromatic rings. The Balaban J connectivity index is 4.08. The SMILES string of the molecule is CC/C=C\C/C=C\C/C=C\C/C=C\C/C=C\C/C=C\C/C=C\CCCCCCCCCCCC(=O)OC(COC(=O)CCCCCCCCCCCCCCCCCC/C=C\C/C=C\C/C=C\C/C=C\C/C=C\C/C=C\CC)COP(=O)([O-])OCC[N+](C)(C)C. The molecule has 0 N–H and O–H groups in total. The summed E-state index contributed by atoms with van der Waals surface area (Å²) in [4.78, 5) is 38.1. The quantitative estimate of drug-likeness (QED) is 0.0195. The highest BCUT2D eigenvalue weighted by Crippen LogP contribution is 2.38. The van der Waals surface area contributed by atoms with E-state index in [1.54, 1.807) is 0 Å². The summed E-state index contributed by atoms with van der Waals surface area (Å²) < 4.78 is 34.3. The highest BCUT2D eigenvalue weighted by atomic mass is 31.2. The minimum absolute atomic E-state index is 0.0387. The molecular weight excluding hydrogens is 1130 g/mol. The van der Waals surface area contributed by atoms with E-state index in [2.05, 4.69) is 172 Å². The molecular formula is C80H134NO8P. The maximum Gasteiger partial charge on any atom is 0.306 e. The zero-order chi connectivity index (χ0) is 65.5. The summed E-state index contributed by atoms with van der Waals surface area (Å²) in [5.74, 6) is -0.843. The predicted octanol–water partition coefficient (Wildman–Crippen LogP) is 23.3. The molecule has 10 heteroatoms. The van der Waals surface area contributed by atoms with Crippen molar-refractivity contribution in [2.45, 2.75) is 290 Å². The number of quaternary nitrogens is 1. The summed E-state index contributed by atoms with van der Waals surface area (Å²) >= 11 is 0. The zero-order valence-corrected chi connectivity index (χ0v) is 59.2. The maximum absolute atomic E-state index is 12.9. The van der Waals surface area contributed by atoms with E-state index in [1.807, 2.05) is 21.1 Å². The van der Waals surface area contributed by atoms with Crippen LogP contribution >= 0.6 is 7.82 Å². The van der Waals surface area contributed by atoms with Gasteiger partial charge in [0.1, 0.15) is 19.8 Å². The van der Waals surface area contributed by atoms with Crippen molar-refractivity contribution in [3.8, 4) is 0 Å². The Labute approximate surface area is 554 Å². The molecule has 0 radical (unpaired) electrons. The van der Waals surface area contributed by atoms with Crippen molar-refractivity contribution in [2.24, 2.45) is 0 Å². The van der Waals surface area contributed by atoms with E-state index in [1.165, 1.54) is 122 Å². The molecule has 2 atom stereocenters. The number of esters is 2. The lowest BCUT2D eigenvalue weighted by atomic mass is 10.0. The molecule has 0 aromatic carbocycles. The fourth-order valence-corrected chi connectivity index (χ4v) is 10.3. The summed E-state index contributed by atoms with van der Waals surface area (Å²) in [7, 11) is 1.15. The molecule has 0 saturated carbocycles. The molecule has 0 aliphatic heterocycles. The Morgan fingerprint density at radius 3 is 0.889 bits per heavy atom. The van der Waals surface area contributed by atoms with Gasteiger partial charge in [0.05, 0.1) is 27.7 Å². The predicted molar refractivity (Wildman–Crippen MR) is 387 cm³/mol. The molecule has 9 nitrogen and oxygen atoms in total. The summed E-state index contributed by atoms with van der Waals surface area (Å²) in [6.45, 7) is 4.01. The second kappa shape index (κ2) is 69.0. The van der Waals surface area contributed by atoms with Gasteiger partial charge in [-0.1, -0.05) is 307 Å². The zero-order valence-electron chi connectivity index (χ0n) is 58.3. The second-order valence-electron chi connectivity index (χ2n) is 24.8. The number of allylic oxidation sites excluding steroid dienone is 26. The van der Waals surface area contributed by atoms with Gasteiger partial charge in [-0.2, -0.15) is 0 Å². The summed E-state index contributed by atoms with van der Waals surface area (Å²) in [5, 5.41) is 0. The third-order valence-corrected chi connectivity index (χ3v) is 16.0. The minimum atomic E-state index is -4.65. The van der Waals surface area contributed by atoms with E-state index in [9.17, 15) is 19.0 Å². The van der Waals surface area contributed by atoms with Crippen molar-refractivity contribution >= 4 is 19.8 Å². The van der Waals surface area contributed by atoms with Gasteiger partial charge in [-0.15, -0.1) is 0 Å². The molecule has 0 heterocycles. The largest absolute Gasteiger partial charge is 0.756 e. The van der Waals surface area contributed by atoms with Crippen molar-refractivity contribution in [1.82, 2.24) is 0 Å². The maximum atomic E-state index is 12.9. The number of phosphoric acid groups is 1. The van der Waals surface area contributed by atoms with Crippen LogP contribution in [0, 0.1) is 0 Å². The molecule has 0 fully saturated rings. The van der Waals surface area contributed by atoms with Crippen LogP contribution in [0.2, 0.25) is 0 Å². The topological polar surface area (TPSA) is 111 Å². The van der Waals surface area contributed by atoms with Crippen LogP contribution in [0.3, 0.4) is 0 Å². The number of rotatable bonds is 65. The van der Waals surface area contributed by atoms with E-state index in [0.717, 1.165) is 128 Å². The summed E-state index contributed by atoms with van der Waals surface area (Å²) in [6, 6.07) is 0. The van der Waals surface area contributed by atoms with Crippen LogP contribution in [0.1, 0.15) is 284 Å². The molecule has 90 heavy (non-hydrogen) atoms. The Bertz CT molecular complexity index is 2080. The average molecular weight is 1270 g/mol. The number of phosphoric ester groups is 1. The van der Waals surface area contributed by atoms with Gasteiger partial charge >= 0.3 is 11.9 Å². The minimum Gasteiger partial charge on any atom is -0.756 e. The fraction of sp³-hybridized carbons (Fsp3) is 0.650. The van der Waals surface area contributed by atoms with Crippen LogP contribution in [0.4, 0.5) is 0 Å². The lowest BCUT2D eigenvalue weighted by Gasteiger charge is -2.28. The third kappa shape index (κ3) is 72.7. The van der Waals surface area contributed by atoms with Gasteiger partial charge < -0.3 is 27.9 Å². The van der Waals surface area contributed by atoms with Crippen molar-refractivity contribution in [3.05, 3.63) is 158 Å². The molecule has 0 aliphatic rings. The second-order valence-corrected chi connectivity index (χ2v) is 26.2. The standard InChI is InChI=1S/C80H134NO8P/c1-6-8-10-12-14-16-18-20-22-24-26-28-30-32-34-36-38-39-40-41-43-44-46-48-50-52-54-56-58-60-62-64-66-68-70-72-79(82)86-76-78(77-88-90(84,85)87-75-74-81(3,4)5)89-80(83)73-71-69-67-65-63-61-59-57-55-53-51-49-47-45-42-37-35-33-31-29-27-25-23-21-19-17-15-13-11-9-7-2/h8-11,14-17,20-23,26-29,32-35,38-39,42,45,49,51,78H,6-7,12-13,18-19,24-25,30-31,36-37,40-41,43-44,46-48,50,52-77H2,1-5H3/b10-8-,11-9-,16-14-,17-15-,22-20-,23-21-,28-26-,29-27-,34-32-,35-33-,39-38-,45-42-,51-49-. The van der Waals surface area contributed by atoms with Gasteiger partial charge in [-0.25, -0.2) is 0 Å². The third-order valence-electron chi connectivity index (χ3n) is 15.0. The molecule has 0 amide bonds. The summed E-state index contributed by atoms with van der Waals surface area (Å²) in [5.41, 5.74) is 0. The average Bonchev–Trinajstić information content (AvgIpc) is 3.58. The van der Waals surface area contributed by atoms with Crippen molar-refractivity contribution in [3.63, 3.8) is 0 Å². The normalized spacial score (nSPS) is 14.1. The van der Waals surface area contributed by atoms with Gasteiger partial charge in [-0.3, -0.25) is 14.2 Å². The van der Waals surface area contributed by atoms with E-state index >= 15 is 0 Å². The van der Waals surface area contributed by atoms with Crippen LogP contribution in [-0.4, -0.2) is 70.0 Å². The van der Waals surface area contributed by atoms with E-state index < -0.39 is 26.5 Å².